The van der Waals surface area contributed by atoms with Gasteiger partial charge in [0.15, 0.2) is 5.69 Å². The van der Waals surface area contributed by atoms with Crippen LogP contribution < -0.4 is 5.56 Å². The van der Waals surface area contributed by atoms with E-state index in [1.165, 1.54) is 35.0 Å². The number of hydrogen-bond acceptors (Lipinski definition) is 7. The molecule has 0 bridgehead atoms. The number of non-ortho nitro benzene ring substituents is 1. The molecule has 0 aliphatic heterocycles. The van der Waals surface area contributed by atoms with Crippen LogP contribution in [0.4, 0.5) is 22.7 Å². The Morgan fingerprint density at radius 1 is 0.964 bits per heavy atom. The van der Waals surface area contributed by atoms with Crippen LogP contribution >= 0.6 is 0 Å². The largest absolute Gasteiger partial charge is 0.299 e. The van der Waals surface area contributed by atoms with Crippen LogP contribution in [0.25, 0.3) is 5.69 Å². The zero-order valence-electron chi connectivity index (χ0n) is 14.8. The van der Waals surface area contributed by atoms with Gasteiger partial charge in [-0.15, -0.1) is 5.11 Å². The van der Waals surface area contributed by atoms with Crippen molar-refractivity contribution in [2.45, 2.75) is 13.8 Å². The molecule has 11 heteroatoms. The van der Waals surface area contributed by atoms with Gasteiger partial charge in [0.1, 0.15) is 0 Å². The summed E-state index contributed by atoms with van der Waals surface area (Å²) in [7, 11) is 0. The molecule has 1 aromatic heterocycles. The van der Waals surface area contributed by atoms with E-state index in [2.05, 4.69) is 15.3 Å². The van der Waals surface area contributed by atoms with E-state index in [0.717, 1.165) is 0 Å². The zero-order chi connectivity index (χ0) is 20.4. The second-order valence-corrected chi connectivity index (χ2v) is 5.93. The van der Waals surface area contributed by atoms with Crippen LogP contribution in [0.2, 0.25) is 0 Å². The summed E-state index contributed by atoms with van der Waals surface area (Å²) in [6.07, 6.45) is 0. The molecule has 0 radical (unpaired) electrons. The van der Waals surface area contributed by atoms with Crippen LogP contribution in [0.5, 0.6) is 0 Å². The van der Waals surface area contributed by atoms with Crippen LogP contribution in [0.1, 0.15) is 11.3 Å². The lowest BCUT2D eigenvalue weighted by atomic mass is 10.2. The summed E-state index contributed by atoms with van der Waals surface area (Å²) in [5.74, 6) is 0. The summed E-state index contributed by atoms with van der Waals surface area (Å²) in [5, 5.41) is 32.4. The number of azo groups is 1. The van der Waals surface area contributed by atoms with Crippen molar-refractivity contribution in [3.8, 4) is 5.69 Å². The number of nitro benzene ring substituents is 2. The summed E-state index contributed by atoms with van der Waals surface area (Å²) in [6, 6.07) is 9.80. The molecule has 1 N–H and O–H groups in total. The number of nitro groups is 2. The number of nitrogens with one attached hydrogen (secondary N) is 1. The molecule has 2 aromatic carbocycles. The first kappa shape index (κ1) is 18.6. The van der Waals surface area contributed by atoms with Crippen LogP contribution in [0.15, 0.2) is 57.5 Å². The van der Waals surface area contributed by atoms with Crippen molar-refractivity contribution >= 4 is 22.7 Å². The van der Waals surface area contributed by atoms with Gasteiger partial charge >= 0.3 is 0 Å². The van der Waals surface area contributed by atoms with E-state index < -0.39 is 15.4 Å². The van der Waals surface area contributed by atoms with Gasteiger partial charge in [0.2, 0.25) is 0 Å². The predicted octanol–water partition coefficient (Wildman–Crippen LogP) is 4.01. The minimum absolute atomic E-state index is 0.0292. The molecular weight excluding hydrogens is 368 g/mol. The third kappa shape index (κ3) is 3.53. The molecule has 0 saturated carbocycles. The fourth-order valence-electron chi connectivity index (χ4n) is 2.53. The number of nitrogens with zero attached hydrogens (tertiary/aromatic N) is 5. The second-order valence-electron chi connectivity index (χ2n) is 5.93. The Morgan fingerprint density at radius 2 is 1.64 bits per heavy atom. The van der Waals surface area contributed by atoms with Crippen molar-refractivity contribution in [2.24, 2.45) is 10.2 Å². The average molecular weight is 382 g/mol. The fraction of sp³-hybridized carbons (Fsp3) is 0.118. The lowest BCUT2D eigenvalue weighted by molar-refractivity contribution is -0.385. The van der Waals surface area contributed by atoms with E-state index in [1.54, 1.807) is 26.0 Å². The van der Waals surface area contributed by atoms with E-state index >= 15 is 0 Å². The molecule has 0 aliphatic carbocycles. The lowest BCUT2D eigenvalue weighted by Crippen LogP contribution is -2.13. The Balaban J connectivity index is 1.95. The number of aryl methyl sites for hydroxylation is 2. The van der Waals surface area contributed by atoms with Gasteiger partial charge in [-0.3, -0.25) is 30.1 Å². The Hall–Kier alpha value is -4.15. The molecule has 3 rings (SSSR count). The molecule has 0 unspecified atom stereocenters. The molecule has 0 atom stereocenters. The summed E-state index contributed by atoms with van der Waals surface area (Å²) in [5.41, 5.74) is 0.881. The van der Waals surface area contributed by atoms with E-state index in [-0.39, 0.29) is 22.7 Å². The van der Waals surface area contributed by atoms with Gasteiger partial charge < -0.3 is 0 Å². The number of aromatic nitrogens is 2. The summed E-state index contributed by atoms with van der Waals surface area (Å²) >= 11 is 0. The molecule has 11 nitrogen and oxygen atoms in total. The molecule has 0 spiro atoms. The highest BCUT2D eigenvalue weighted by Crippen LogP contribution is 2.26. The van der Waals surface area contributed by atoms with Crippen molar-refractivity contribution in [3.05, 3.63) is 84.3 Å². The fourth-order valence-corrected chi connectivity index (χ4v) is 2.53. The molecule has 3 aromatic rings. The smallest absolute Gasteiger partial charge is 0.293 e. The minimum Gasteiger partial charge on any atom is -0.293 e. The topological polar surface area (TPSA) is 149 Å². The van der Waals surface area contributed by atoms with Crippen LogP contribution in [-0.2, 0) is 0 Å². The number of H-pyrrole nitrogens is 1. The molecule has 0 saturated heterocycles. The van der Waals surface area contributed by atoms with E-state index in [9.17, 15) is 25.0 Å². The first-order valence-corrected chi connectivity index (χ1v) is 8.01. The number of rotatable bonds is 5. The molecule has 0 amide bonds. The third-order valence-corrected chi connectivity index (χ3v) is 4.01. The Bertz CT molecular complexity index is 1160. The molecule has 142 valence electrons. The lowest BCUT2D eigenvalue weighted by Gasteiger charge is -2.00. The van der Waals surface area contributed by atoms with Gasteiger partial charge in [0, 0.05) is 23.8 Å². The highest BCUT2D eigenvalue weighted by molar-refractivity contribution is 5.52. The molecule has 0 aliphatic rings. The maximum Gasteiger partial charge on any atom is 0.299 e. The van der Waals surface area contributed by atoms with Crippen LogP contribution in [0, 0.1) is 34.1 Å². The van der Waals surface area contributed by atoms with Gasteiger partial charge in [-0.25, -0.2) is 4.68 Å². The average Bonchev–Trinajstić information content (AvgIpc) is 2.95. The van der Waals surface area contributed by atoms with Gasteiger partial charge in [-0.1, -0.05) is 6.07 Å². The Morgan fingerprint density at radius 3 is 2.25 bits per heavy atom. The first-order chi connectivity index (χ1) is 13.3. The van der Waals surface area contributed by atoms with Gasteiger partial charge in [-0.2, -0.15) is 5.11 Å². The monoisotopic (exact) mass is 382 g/mol. The van der Waals surface area contributed by atoms with E-state index in [4.69, 9.17) is 0 Å². The maximum atomic E-state index is 12.6. The quantitative estimate of drug-likeness (QED) is 0.402. The number of aromatic amines is 1. The first-order valence-electron chi connectivity index (χ1n) is 8.01. The normalized spacial score (nSPS) is 11.1. The maximum absolute atomic E-state index is 12.6. The third-order valence-electron chi connectivity index (χ3n) is 4.01. The molecular formula is C17H14N6O5. The Kier molecular flexibility index (Phi) is 4.81. The predicted molar refractivity (Wildman–Crippen MR) is 99.8 cm³/mol. The van der Waals surface area contributed by atoms with Gasteiger partial charge in [0.25, 0.3) is 16.9 Å². The van der Waals surface area contributed by atoms with Crippen molar-refractivity contribution < 1.29 is 9.85 Å². The number of benzene rings is 2. The van der Waals surface area contributed by atoms with Gasteiger partial charge in [-0.05, 0) is 32.0 Å². The van der Waals surface area contributed by atoms with Crippen molar-refractivity contribution in [1.82, 2.24) is 9.78 Å². The highest BCUT2D eigenvalue weighted by atomic mass is 16.6. The molecule has 1 heterocycles. The molecule has 28 heavy (non-hydrogen) atoms. The van der Waals surface area contributed by atoms with Crippen molar-refractivity contribution in [1.29, 1.82) is 0 Å². The van der Waals surface area contributed by atoms with E-state index in [0.29, 0.717) is 16.9 Å². The SMILES string of the molecule is Cc1ccc(N=Nc2c(C)[nH]n(-c3ccc([N+](=O)[O-])cc3)c2=O)cc1[N+](=O)[O-]. The summed E-state index contributed by atoms with van der Waals surface area (Å²) in [4.78, 5) is 33.3. The van der Waals surface area contributed by atoms with Gasteiger partial charge in [0.05, 0.1) is 26.9 Å². The van der Waals surface area contributed by atoms with E-state index in [1.807, 2.05) is 0 Å². The van der Waals surface area contributed by atoms with Crippen LogP contribution in [-0.4, -0.2) is 19.6 Å². The number of hydrogen-bond donors (Lipinski definition) is 1. The highest BCUT2D eigenvalue weighted by Gasteiger charge is 2.14. The second kappa shape index (κ2) is 7.23. The standard InChI is InChI=1S/C17H14N6O5/c1-10-3-4-12(9-15(10)23(27)28)18-19-16-11(2)20-21(17(16)24)13-5-7-14(8-6-13)22(25)26/h3-9,20H,1-2H3. The zero-order valence-corrected chi connectivity index (χ0v) is 14.8. The van der Waals surface area contributed by atoms with Crippen LogP contribution in [0.3, 0.4) is 0 Å². The molecule has 0 fully saturated rings. The minimum atomic E-state index is -0.535. The summed E-state index contributed by atoms with van der Waals surface area (Å²) in [6.45, 7) is 3.23. The summed E-state index contributed by atoms with van der Waals surface area (Å²) < 4.78 is 1.19. The Labute approximate surface area is 157 Å². The van der Waals surface area contributed by atoms with Crippen molar-refractivity contribution in [2.75, 3.05) is 0 Å². The van der Waals surface area contributed by atoms with Crippen molar-refractivity contribution in [3.63, 3.8) is 0 Å².